The number of hydrogen-bond acceptors (Lipinski definition) is 4. The number of nitrogens with zero attached hydrogens (tertiary/aromatic N) is 4. The van der Waals surface area contributed by atoms with Crippen LogP contribution in [0.5, 0.6) is 0 Å². The third kappa shape index (κ3) is 3.52. The van der Waals surface area contributed by atoms with Crippen LogP contribution in [0.3, 0.4) is 0 Å². The lowest BCUT2D eigenvalue weighted by molar-refractivity contribution is 0.249. The van der Waals surface area contributed by atoms with Crippen molar-refractivity contribution in [2.45, 2.75) is 6.04 Å². The number of hydrogen-bond donors (Lipinski definition) is 2. The zero-order chi connectivity index (χ0) is 16.9. The Labute approximate surface area is 143 Å². The van der Waals surface area contributed by atoms with E-state index in [2.05, 4.69) is 25.6 Å². The van der Waals surface area contributed by atoms with Crippen LogP contribution in [0.2, 0.25) is 5.02 Å². The van der Waals surface area contributed by atoms with E-state index in [0.717, 1.165) is 5.56 Å². The summed E-state index contributed by atoms with van der Waals surface area (Å²) in [6.07, 6.45) is 7.97. The molecule has 0 bridgehead atoms. The van der Waals surface area contributed by atoms with Gasteiger partial charge in [-0.25, -0.2) is 14.8 Å². The molecule has 8 heteroatoms. The van der Waals surface area contributed by atoms with Gasteiger partial charge in [-0.15, -0.1) is 0 Å². The van der Waals surface area contributed by atoms with Gasteiger partial charge >= 0.3 is 6.03 Å². The number of benzene rings is 1. The second-order valence-electron chi connectivity index (χ2n) is 5.04. The highest BCUT2D eigenvalue weighted by molar-refractivity contribution is 6.31. The molecule has 0 saturated carbocycles. The highest BCUT2D eigenvalue weighted by Crippen LogP contribution is 2.27. The summed E-state index contributed by atoms with van der Waals surface area (Å²) in [5.41, 5.74) is 0.753. The lowest BCUT2D eigenvalue weighted by Gasteiger charge is -2.20. The van der Waals surface area contributed by atoms with E-state index in [9.17, 15) is 4.79 Å². The third-order valence-electron chi connectivity index (χ3n) is 3.41. The van der Waals surface area contributed by atoms with Crippen LogP contribution in [0.15, 0.2) is 55.2 Å². The van der Waals surface area contributed by atoms with Crippen LogP contribution in [-0.4, -0.2) is 25.6 Å². The molecule has 1 unspecified atom stereocenters. The first-order valence-electron chi connectivity index (χ1n) is 7.20. The first kappa shape index (κ1) is 15.9. The molecule has 0 aliphatic carbocycles. The number of aryl methyl sites for hydroxylation is 1. The minimum absolute atomic E-state index is 0.354. The monoisotopic (exact) mass is 342 g/mol. The van der Waals surface area contributed by atoms with Gasteiger partial charge in [0.05, 0.1) is 6.20 Å². The summed E-state index contributed by atoms with van der Waals surface area (Å²) >= 11 is 6.30. The second-order valence-corrected chi connectivity index (χ2v) is 5.45. The number of nitrogens with one attached hydrogen (secondary N) is 2. The minimum atomic E-state index is -0.504. The molecular weight excluding hydrogens is 328 g/mol. The first-order chi connectivity index (χ1) is 11.6. The predicted octanol–water partition coefficient (Wildman–Crippen LogP) is 2.77. The molecule has 0 aliphatic rings. The van der Waals surface area contributed by atoms with E-state index in [0.29, 0.717) is 16.7 Å². The summed E-state index contributed by atoms with van der Waals surface area (Å²) in [5.74, 6) is 1.02. The maximum atomic E-state index is 12.3. The van der Waals surface area contributed by atoms with Gasteiger partial charge < -0.3 is 9.88 Å². The van der Waals surface area contributed by atoms with Crippen LogP contribution in [-0.2, 0) is 7.05 Å². The van der Waals surface area contributed by atoms with Gasteiger partial charge in [0.1, 0.15) is 11.9 Å². The molecule has 1 aromatic carbocycles. The summed E-state index contributed by atoms with van der Waals surface area (Å²) in [5, 5.41) is 6.07. The number of halogens is 1. The lowest BCUT2D eigenvalue weighted by atomic mass is 10.1. The van der Waals surface area contributed by atoms with Gasteiger partial charge in [0.15, 0.2) is 5.82 Å². The third-order valence-corrected chi connectivity index (χ3v) is 3.76. The van der Waals surface area contributed by atoms with Crippen molar-refractivity contribution in [2.24, 2.45) is 7.05 Å². The van der Waals surface area contributed by atoms with Crippen molar-refractivity contribution < 1.29 is 4.79 Å². The quantitative estimate of drug-likeness (QED) is 0.763. The Morgan fingerprint density at radius 1 is 1.21 bits per heavy atom. The van der Waals surface area contributed by atoms with Crippen LogP contribution in [0.25, 0.3) is 0 Å². The van der Waals surface area contributed by atoms with Gasteiger partial charge in [0.2, 0.25) is 0 Å². The molecule has 2 aromatic heterocycles. The summed E-state index contributed by atoms with van der Waals surface area (Å²) in [7, 11) is 1.86. The van der Waals surface area contributed by atoms with Crippen molar-refractivity contribution in [3.05, 3.63) is 71.7 Å². The van der Waals surface area contributed by atoms with Crippen molar-refractivity contribution in [2.75, 3.05) is 5.32 Å². The highest BCUT2D eigenvalue weighted by atomic mass is 35.5. The van der Waals surface area contributed by atoms with E-state index in [1.54, 1.807) is 18.5 Å². The van der Waals surface area contributed by atoms with Gasteiger partial charge in [-0.3, -0.25) is 10.3 Å². The smallest absolute Gasteiger partial charge is 0.321 e. The fourth-order valence-corrected chi connectivity index (χ4v) is 2.54. The zero-order valence-corrected chi connectivity index (χ0v) is 13.6. The molecule has 3 aromatic rings. The lowest BCUT2D eigenvalue weighted by Crippen LogP contribution is -2.35. The van der Waals surface area contributed by atoms with Crippen molar-refractivity contribution in [1.29, 1.82) is 0 Å². The Balaban J connectivity index is 1.87. The van der Waals surface area contributed by atoms with Crippen LogP contribution in [0, 0.1) is 0 Å². The molecule has 0 aliphatic heterocycles. The maximum Gasteiger partial charge on any atom is 0.321 e. The fourth-order valence-electron chi connectivity index (χ4n) is 2.29. The van der Waals surface area contributed by atoms with Gasteiger partial charge in [-0.05, 0) is 6.07 Å². The number of carbonyl (C=O) groups is 1. The van der Waals surface area contributed by atoms with E-state index < -0.39 is 12.1 Å². The van der Waals surface area contributed by atoms with Crippen LogP contribution in [0.1, 0.15) is 17.4 Å². The topological polar surface area (TPSA) is 84.7 Å². The van der Waals surface area contributed by atoms with Gasteiger partial charge in [0.25, 0.3) is 0 Å². The van der Waals surface area contributed by atoms with E-state index >= 15 is 0 Å². The largest absolute Gasteiger partial charge is 0.336 e. The normalized spacial score (nSPS) is 11.8. The molecular formula is C16H15ClN6O. The maximum absolute atomic E-state index is 12.3. The molecule has 7 nitrogen and oxygen atoms in total. The molecule has 2 N–H and O–H groups in total. The Kier molecular flexibility index (Phi) is 4.72. The SMILES string of the molecule is Cn1ccnc1C(NC(=O)Nc1cnccn1)c1ccccc1Cl. The average Bonchev–Trinajstić information content (AvgIpc) is 3.00. The number of carbonyl (C=O) groups excluding carboxylic acids is 1. The van der Waals surface area contributed by atoms with Crippen molar-refractivity contribution in [3.63, 3.8) is 0 Å². The molecule has 0 saturated heterocycles. The molecule has 2 amide bonds. The number of urea groups is 1. The molecule has 1 atom stereocenters. The van der Waals surface area contributed by atoms with Gasteiger partial charge in [-0.2, -0.15) is 0 Å². The molecule has 2 heterocycles. The van der Waals surface area contributed by atoms with Crippen molar-refractivity contribution in [3.8, 4) is 0 Å². The summed E-state index contributed by atoms with van der Waals surface area (Å²) in [6, 6.07) is 6.39. The van der Waals surface area contributed by atoms with Crippen molar-refractivity contribution in [1.82, 2.24) is 24.8 Å². The molecule has 24 heavy (non-hydrogen) atoms. The summed E-state index contributed by atoms with van der Waals surface area (Å²) in [6.45, 7) is 0. The standard InChI is InChI=1S/C16H15ClN6O/c1-23-9-8-20-15(23)14(11-4-2-3-5-12(11)17)22-16(24)21-13-10-18-6-7-19-13/h2-10,14H,1H3,(H2,19,21,22,24). The Morgan fingerprint density at radius 2 is 2.04 bits per heavy atom. The molecule has 0 spiro atoms. The number of rotatable bonds is 4. The van der Waals surface area contributed by atoms with Crippen LogP contribution < -0.4 is 10.6 Å². The van der Waals surface area contributed by atoms with E-state index in [-0.39, 0.29) is 0 Å². The zero-order valence-electron chi connectivity index (χ0n) is 12.8. The molecule has 122 valence electrons. The minimum Gasteiger partial charge on any atom is -0.336 e. The Hall–Kier alpha value is -2.93. The van der Waals surface area contributed by atoms with E-state index in [1.165, 1.54) is 18.6 Å². The Morgan fingerprint density at radius 3 is 2.71 bits per heavy atom. The van der Waals surface area contributed by atoms with E-state index in [4.69, 9.17) is 11.6 Å². The number of imidazole rings is 1. The summed E-state index contributed by atoms with van der Waals surface area (Å²) in [4.78, 5) is 24.6. The average molecular weight is 343 g/mol. The number of aromatic nitrogens is 4. The highest BCUT2D eigenvalue weighted by Gasteiger charge is 2.22. The molecule has 3 rings (SSSR count). The predicted molar refractivity (Wildman–Crippen MR) is 90.7 cm³/mol. The van der Waals surface area contributed by atoms with Crippen LogP contribution in [0.4, 0.5) is 10.6 Å². The van der Waals surface area contributed by atoms with Crippen molar-refractivity contribution >= 4 is 23.4 Å². The van der Waals surface area contributed by atoms with Crippen LogP contribution >= 0.6 is 11.6 Å². The van der Waals surface area contributed by atoms with Gasteiger partial charge in [0, 0.05) is 42.4 Å². The number of amides is 2. The number of anilines is 1. The van der Waals surface area contributed by atoms with E-state index in [1.807, 2.05) is 29.8 Å². The molecule has 0 fully saturated rings. The Bertz CT molecular complexity index is 835. The van der Waals surface area contributed by atoms with Gasteiger partial charge in [-0.1, -0.05) is 29.8 Å². The molecule has 0 radical (unpaired) electrons. The first-order valence-corrected chi connectivity index (χ1v) is 7.58. The summed E-state index contributed by atoms with van der Waals surface area (Å²) < 4.78 is 1.83. The second kappa shape index (κ2) is 7.10. The fraction of sp³-hybridized carbons (Fsp3) is 0.125.